The van der Waals surface area contributed by atoms with Crippen molar-refractivity contribution in [2.75, 3.05) is 11.5 Å². The van der Waals surface area contributed by atoms with Crippen LogP contribution in [0, 0.1) is 23.7 Å². The minimum absolute atomic E-state index is 0.00822. The number of imide groups is 1. The molecule has 2 aliphatic rings. The van der Waals surface area contributed by atoms with Gasteiger partial charge in [0.2, 0.25) is 11.8 Å². The van der Waals surface area contributed by atoms with Crippen molar-refractivity contribution in [3.05, 3.63) is 64.6 Å². The predicted octanol–water partition coefficient (Wildman–Crippen LogP) is 1.77. The highest BCUT2D eigenvalue weighted by molar-refractivity contribution is 6.58. The Hall–Kier alpha value is -3.02. The molecule has 2 aromatic rings. The van der Waals surface area contributed by atoms with E-state index in [-0.39, 0.29) is 29.6 Å². The molecule has 9 nitrogen and oxygen atoms in total. The van der Waals surface area contributed by atoms with Gasteiger partial charge in [0.1, 0.15) is 18.1 Å². The molecule has 1 aromatic carbocycles. The molecule has 10 heteroatoms. The van der Waals surface area contributed by atoms with Crippen LogP contribution in [0.25, 0.3) is 6.08 Å². The van der Waals surface area contributed by atoms with E-state index >= 15 is 0 Å². The Kier molecular flexibility index (Phi) is 8.93. The van der Waals surface area contributed by atoms with E-state index in [2.05, 4.69) is 0 Å². The Balaban J connectivity index is 1.60. The maximum absolute atomic E-state index is 13.7. The van der Waals surface area contributed by atoms with Gasteiger partial charge < -0.3 is 29.8 Å². The number of nitrogens with zero attached hydrogens (tertiary/aromatic N) is 1. The van der Waals surface area contributed by atoms with Crippen LogP contribution in [0.5, 0.6) is 0 Å². The molecule has 2 heterocycles. The van der Waals surface area contributed by atoms with Gasteiger partial charge in [-0.1, -0.05) is 37.1 Å². The second-order valence-electron chi connectivity index (χ2n) is 10.7. The number of furan rings is 1. The van der Waals surface area contributed by atoms with Crippen molar-refractivity contribution < 1.29 is 39.4 Å². The van der Waals surface area contributed by atoms with Crippen LogP contribution in [0.1, 0.15) is 51.6 Å². The molecule has 4 rings (SSSR count). The second-order valence-corrected chi connectivity index (χ2v) is 10.7. The number of rotatable bonds is 10. The summed E-state index contributed by atoms with van der Waals surface area (Å²) in [5, 5.41) is 50.2. The van der Waals surface area contributed by atoms with Gasteiger partial charge in [0.15, 0.2) is 0 Å². The number of hydrogen-bond donors (Lipinski definition) is 5. The molecule has 0 unspecified atom stereocenters. The van der Waals surface area contributed by atoms with E-state index < -0.39 is 43.5 Å². The first-order valence-corrected chi connectivity index (χ1v) is 13.3. The molecule has 5 N–H and O–H groups in total. The number of carbonyl (C=O) groups is 2. The van der Waals surface area contributed by atoms with Gasteiger partial charge in [0.25, 0.3) is 0 Å². The van der Waals surface area contributed by atoms with Gasteiger partial charge in [-0.3, -0.25) is 14.5 Å². The minimum Gasteiger partial charge on any atom is -0.459 e. The van der Waals surface area contributed by atoms with E-state index in [9.17, 15) is 35.0 Å². The molecule has 1 aliphatic carbocycles. The van der Waals surface area contributed by atoms with E-state index in [1.807, 2.05) is 26.8 Å². The Labute approximate surface area is 228 Å². The monoisotopic (exact) mass is 537 g/mol. The second kappa shape index (κ2) is 12.0. The number of aliphatic hydroxyl groups is 3. The fourth-order valence-corrected chi connectivity index (χ4v) is 5.92. The van der Waals surface area contributed by atoms with Crippen molar-refractivity contribution in [3.8, 4) is 0 Å². The van der Waals surface area contributed by atoms with Gasteiger partial charge in [-0.15, -0.1) is 0 Å². The van der Waals surface area contributed by atoms with Crippen molar-refractivity contribution in [1.29, 1.82) is 0 Å². The summed E-state index contributed by atoms with van der Waals surface area (Å²) < 4.78 is 5.51. The highest BCUT2D eigenvalue weighted by Gasteiger charge is 2.55. The number of benzene rings is 1. The molecular formula is C29H36BNO8. The Morgan fingerprint density at radius 1 is 1.15 bits per heavy atom. The Morgan fingerprint density at radius 3 is 2.51 bits per heavy atom. The zero-order valence-electron chi connectivity index (χ0n) is 22.4. The fraction of sp³-hybridized carbons (Fsp3) is 0.448. The van der Waals surface area contributed by atoms with E-state index in [1.54, 1.807) is 24.3 Å². The number of hydrogen-bond acceptors (Lipinski definition) is 8. The maximum Gasteiger partial charge on any atom is 0.488 e. The lowest BCUT2D eigenvalue weighted by molar-refractivity contribution is -0.123. The summed E-state index contributed by atoms with van der Waals surface area (Å²) in [6.45, 7) is 5.29. The van der Waals surface area contributed by atoms with Crippen LogP contribution in [0.2, 0.25) is 0 Å². The highest BCUT2D eigenvalue weighted by Crippen LogP contribution is 2.48. The lowest BCUT2D eigenvalue weighted by atomic mass is 9.66. The molecule has 1 saturated heterocycles. The van der Waals surface area contributed by atoms with Crippen molar-refractivity contribution in [2.24, 2.45) is 23.7 Å². The standard InChI is InChI=1S/C29H36BNO8/c1-16(2)22-13-23-27(29(36)31(28(23)35)19-6-4-5-18(12-19)30(37)38)24(15-33)26(22)25(34)10-7-17(3)11-20-8-9-21(14-32)39-20/h4-6,8-9,11-12,16,23-25,27,32-34,37-38H,7,10,13-15H2,1-3H3/b17-11+/t23-,24+,25-,27-/m1/s1. The van der Waals surface area contributed by atoms with E-state index in [1.165, 1.54) is 12.1 Å². The zero-order valence-corrected chi connectivity index (χ0v) is 22.4. The van der Waals surface area contributed by atoms with Gasteiger partial charge in [0.05, 0.1) is 30.2 Å². The van der Waals surface area contributed by atoms with Crippen molar-refractivity contribution >= 4 is 36.2 Å². The number of carbonyl (C=O) groups excluding carboxylic acids is 2. The first-order valence-electron chi connectivity index (χ1n) is 13.3. The normalized spacial score (nSPS) is 22.6. The minimum atomic E-state index is -1.75. The predicted molar refractivity (Wildman–Crippen MR) is 146 cm³/mol. The van der Waals surface area contributed by atoms with Gasteiger partial charge in [0, 0.05) is 5.92 Å². The van der Waals surface area contributed by atoms with Gasteiger partial charge in [-0.05, 0) is 73.5 Å². The molecule has 208 valence electrons. The lowest BCUT2D eigenvalue weighted by Crippen LogP contribution is -2.40. The molecule has 1 fully saturated rings. The van der Waals surface area contributed by atoms with Crippen LogP contribution < -0.4 is 10.4 Å². The molecule has 1 aromatic heterocycles. The first kappa shape index (κ1) is 29.0. The zero-order chi connectivity index (χ0) is 28.4. The van der Waals surface area contributed by atoms with Crippen molar-refractivity contribution in [2.45, 2.75) is 52.7 Å². The topological polar surface area (TPSA) is 152 Å². The van der Waals surface area contributed by atoms with E-state index in [0.717, 1.165) is 16.0 Å². The molecule has 0 radical (unpaired) electrons. The number of aliphatic hydroxyl groups excluding tert-OH is 3. The number of anilines is 1. The maximum atomic E-state index is 13.7. The molecule has 39 heavy (non-hydrogen) atoms. The molecule has 2 amide bonds. The van der Waals surface area contributed by atoms with Crippen molar-refractivity contribution in [1.82, 2.24) is 0 Å². The van der Waals surface area contributed by atoms with Gasteiger partial charge in [-0.2, -0.15) is 0 Å². The summed E-state index contributed by atoms with van der Waals surface area (Å²) >= 11 is 0. The average Bonchev–Trinajstić information content (AvgIpc) is 3.47. The van der Waals surface area contributed by atoms with Crippen LogP contribution in [-0.4, -0.2) is 57.0 Å². The average molecular weight is 537 g/mol. The lowest BCUT2D eigenvalue weighted by Gasteiger charge is -2.38. The Bertz CT molecular complexity index is 1280. The van der Waals surface area contributed by atoms with Gasteiger partial charge in [-0.25, -0.2) is 0 Å². The van der Waals surface area contributed by atoms with E-state index in [4.69, 9.17) is 4.42 Å². The van der Waals surface area contributed by atoms with Crippen LogP contribution in [0.15, 0.2) is 57.5 Å². The van der Waals surface area contributed by atoms with E-state index in [0.29, 0.717) is 36.4 Å². The van der Waals surface area contributed by atoms with Crippen LogP contribution in [0.4, 0.5) is 5.69 Å². The highest BCUT2D eigenvalue weighted by atomic mass is 16.4. The smallest absolute Gasteiger partial charge is 0.459 e. The number of allylic oxidation sites excluding steroid dienone is 2. The molecule has 0 saturated carbocycles. The third kappa shape index (κ3) is 5.80. The molecule has 0 spiro atoms. The summed E-state index contributed by atoms with van der Waals surface area (Å²) in [6.07, 6.45) is 2.13. The fourth-order valence-electron chi connectivity index (χ4n) is 5.92. The SMILES string of the molecule is C/C(=C\c1ccc(CO)o1)CC[C@@H](O)C1=C(C(C)C)C[C@H]2C(=O)N(c3cccc(B(O)O)c3)C(=O)[C@H]2[C@H]1CO. The van der Waals surface area contributed by atoms with Crippen LogP contribution in [-0.2, 0) is 16.2 Å². The summed E-state index contributed by atoms with van der Waals surface area (Å²) in [6, 6.07) is 9.46. The number of fused-ring (bicyclic) bond motifs is 1. The molecule has 1 aliphatic heterocycles. The molecular weight excluding hydrogens is 501 g/mol. The summed E-state index contributed by atoms with van der Waals surface area (Å²) in [5.41, 5.74) is 2.87. The van der Waals surface area contributed by atoms with Crippen LogP contribution in [0.3, 0.4) is 0 Å². The summed E-state index contributed by atoms with van der Waals surface area (Å²) in [4.78, 5) is 28.3. The largest absolute Gasteiger partial charge is 0.488 e. The summed E-state index contributed by atoms with van der Waals surface area (Å²) in [7, 11) is -1.75. The molecule has 4 atom stereocenters. The Morgan fingerprint density at radius 2 is 1.90 bits per heavy atom. The third-order valence-electron chi connectivity index (χ3n) is 7.84. The first-order chi connectivity index (χ1) is 18.6. The molecule has 0 bridgehead atoms. The van der Waals surface area contributed by atoms with Gasteiger partial charge >= 0.3 is 7.12 Å². The number of amides is 2. The van der Waals surface area contributed by atoms with Crippen molar-refractivity contribution in [3.63, 3.8) is 0 Å². The van der Waals surface area contributed by atoms with Crippen LogP contribution >= 0.6 is 0 Å². The third-order valence-corrected chi connectivity index (χ3v) is 7.84. The summed E-state index contributed by atoms with van der Waals surface area (Å²) in [5.74, 6) is -2.01. The quantitative estimate of drug-likeness (QED) is 0.175.